The van der Waals surface area contributed by atoms with Crippen LogP contribution in [-0.4, -0.2) is 11.5 Å². The molecule has 1 aromatic heterocycles. The highest BCUT2D eigenvalue weighted by molar-refractivity contribution is 5.99. The molecule has 3 heteroatoms. The summed E-state index contributed by atoms with van der Waals surface area (Å²) in [4.78, 5) is 6.36. The smallest absolute Gasteiger partial charge is 0.0651 e. The highest BCUT2D eigenvalue weighted by atomic mass is 15.1. The third-order valence-electron chi connectivity index (χ3n) is 3.51. The van der Waals surface area contributed by atoms with E-state index in [1.54, 1.807) is 6.20 Å². The van der Waals surface area contributed by atoms with Gasteiger partial charge in [-0.05, 0) is 31.2 Å². The molecule has 0 unspecified atom stereocenters. The maximum Gasteiger partial charge on any atom is 0.0651 e. The van der Waals surface area contributed by atoms with Crippen LogP contribution < -0.4 is 10.6 Å². The van der Waals surface area contributed by atoms with Gasteiger partial charge in [0.2, 0.25) is 0 Å². The van der Waals surface area contributed by atoms with E-state index in [4.69, 9.17) is 5.73 Å². The largest absolute Gasteiger partial charge is 0.397 e. The molecule has 1 heterocycles. The van der Waals surface area contributed by atoms with Crippen molar-refractivity contribution in [2.45, 2.75) is 6.92 Å². The Morgan fingerprint density at radius 1 is 1.05 bits per heavy atom. The Morgan fingerprint density at radius 2 is 1.85 bits per heavy atom. The molecule has 0 atom stereocenters. The van der Waals surface area contributed by atoms with E-state index < -0.39 is 0 Å². The van der Waals surface area contributed by atoms with Gasteiger partial charge in [0.15, 0.2) is 0 Å². The van der Waals surface area contributed by atoms with E-state index in [0.717, 1.165) is 34.4 Å². The molecule has 3 rings (SSSR count). The molecule has 2 N–H and O–H groups in total. The predicted octanol–water partition coefficient (Wildman–Crippen LogP) is 3.98. The van der Waals surface area contributed by atoms with E-state index in [1.165, 1.54) is 0 Å². The maximum atomic E-state index is 6.36. The summed E-state index contributed by atoms with van der Waals surface area (Å²) in [5, 5.41) is 2.12. The van der Waals surface area contributed by atoms with E-state index in [1.807, 2.05) is 30.5 Å². The lowest BCUT2D eigenvalue weighted by molar-refractivity contribution is 1.03. The summed E-state index contributed by atoms with van der Waals surface area (Å²) in [7, 11) is 0. The minimum Gasteiger partial charge on any atom is -0.397 e. The molecule has 100 valence electrons. The van der Waals surface area contributed by atoms with Crippen LogP contribution in [0.2, 0.25) is 0 Å². The summed E-state index contributed by atoms with van der Waals surface area (Å²) in [5.74, 6) is 0. The fraction of sp³-hybridized carbons (Fsp3) is 0.118. The first-order valence-corrected chi connectivity index (χ1v) is 6.76. The monoisotopic (exact) mass is 263 g/mol. The summed E-state index contributed by atoms with van der Waals surface area (Å²) in [6.07, 6.45) is 3.62. The number of benzene rings is 2. The van der Waals surface area contributed by atoms with Gasteiger partial charge in [-0.2, -0.15) is 0 Å². The lowest BCUT2D eigenvalue weighted by Crippen LogP contribution is -2.17. The van der Waals surface area contributed by atoms with Crippen molar-refractivity contribution in [3.05, 3.63) is 60.9 Å². The zero-order chi connectivity index (χ0) is 13.9. The van der Waals surface area contributed by atoms with Crippen molar-refractivity contribution >= 4 is 27.8 Å². The SMILES string of the molecule is CCN(c1ccccc1)c1ccc2cnccc2c1N. The second kappa shape index (κ2) is 5.21. The molecule has 0 aliphatic heterocycles. The number of rotatable bonds is 3. The Kier molecular flexibility index (Phi) is 3.25. The minimum absolute atomic E-state index is 0.801. The molecule has 3 nitrogen and oxygen atoms in total. The van der Waals surface area contributed by atoms with Crippen molar-refractivity contribution in [2.75, 3.05) is 17.2 Å². The molecule has 2 aromatic carbocycles. The van der Waals surface area contributed by atoms with Crippen LogP contribution in [0, 0.1) is 0 Å². The van der Waals surface area contributed by atoms with Crippen LogP contribution in [0.4, 0.5) is 17.1 Å². The number of fused-ring (bicyclic) bond motifs is 1. The number of aromatic nitrogens is 1. The fourth-order valence-electron chi connectivity index (χ4n) is 2.52. The van der Waals surface area contributed by atoms with Crippen LogP contribution in [0.5, 0.6) is 0 Å². The normalized spacial score (nSPS) is 10.7. The summed E-state index contributed by atoms with van der Waals surface area (Å²) in [6.45, 7) is 2.99. The fourth-order valence-corrected chi connectivity index (χ4v) is 2.52. The number of para-hydroxylation sites is 1. The summed E-state index contributed by atoms with van der Waals surface area (Å²) >= 11 is 0. The quantitative estimate of drug-likeness (QED) is 0.727. The van der Waals surface area contributed by atoms with Gasteiger partial charge in [-0.1, -0.05) is 24.3 Å². The van der Waals surface area contributed by atoms with E-state index in [9.17, 15) is 0 Å². The Hall–Kier alpha value is -2.55. The number of hydrogen-bond acceptors (Lipinski definition) is 3. The van der Waals surface area contributed by atoms with Crippen molar-refractivity contribution in [3.63, 3.8) is 0 Å². The lowest BCUT2D eigenvalue weighted by Gasteiger charge is -2.25. The molecule has 0 saturated carbocycles. The first kappa shape index (κ1) is 12.5. The van der Waals surface area contributed by atoms with Crippen molar-refractivity contribution in [2.24, 2.45) is 0 Å². The van der Waals surface area contributed by atoms with Crippen LogP contribution in [0.3, 0.4) is 0 Å². The Labute approximate surface area is 118 Å². The van der Waals surface area contributed by atoms with Crippen LogP contribution >= 0.6 is 0 Å². The summed E-state index contributed by atoms with van der Waals surface area (Å²) < 4.78 is 0. The van der Waals surface area contributed by atoms with Gasteiger partial charge in [0.05, 0.1) is 11.4 Å². The molecule has 20 heavy (non-hydrogen) atoms. The van der Waals surface area contributed by atoms with E-state index in [2.05, 4.69) is 41.1 Å². The standard InChI is InChI=1S/C17H17N3/c1-2-20(14-6-4-3-5-7-14)16-9-8-13-12-19-11-10-15(13)17(16)18/h3-12H,2,18H2,1H3. The van der Waals surface area contributed by atoms with Crippen LogP contribution in [0.25, 0.3) is 10.8 Å². The number of pyridine rings is 1. The van der Waals surface area contributed by atoms with Gasteiger partial charge in [0.25, 0.3) is 0 Å². The molecule has 0 saturated heterocycles. The van der Waals surface area contributed by atoms with Crippen molar-refractivity contribution in [1.29, 1.82) is 0 Å². The van der Waals surface area contributed by atoms with Crippen LogP contribution in [0.15, 0.2) is 60.9 Å². The second-order valence-electron chi connectivity index (χ2n) is 4.67. The third kappa shape index (κ3) is 2.07. The van der Waals surface area contributed by atoms with Gasteiger partial charge >= 0.3 is 0 Å². The minimum atomic E-state index is 0.801. The molecule has 0 amide bonds. The second-order valence-corrected chi connectivity index (χ2v) is 4.67. The summed E-state index contributed by atoms with van der Waals surface area (Å²) in [6, 6.07) is 16.4. The van der Waals surface area contributed by atoms with Gasteiger partial charge in [-0.3, -0.25) is 4.98 Å². The van der Waals surface area contributed by atoms with Crippen molar-refractivity contribution in [1.82, 2.24) is 4.98 Å². The molecule has 0 aliphatic carbocycles. The number of anilines is 3. The van der Waals surface area contributed by atoms with E-state index in [-0.39, 0.29) is 0 Å². The molecule has 0 spiro atoms. The van der Waals surface area contributed by atoms with E-state index >= 15 is 0 Å². The average molecular weight is 263 g/mol. The maximum absolute atomic E-state index is 6.36. The van der Waals surface area contributed by atoms with Crippen molar-refractivity contribution in [3.8, 4) is 0 Å². The highest BCUT2D eigenvalue weighted by Crippen LogP contribution is 2.34. The van der Waals surface area contributed by atoms with Gasteiger partial charge < -0.3 is 10.6 Å². The average Bonchev–Trinajstić information content (AvgIpc) is 2.51. The third-order valence-corrected chi connectivity index (χ3v) is 3.51. The first-order valence-electron chi connectivity index (χ1n) is 6.76. The van der Waals surface area contributed by atoms with E-state index in [0.29, 0.717) is 0 Å². The summed E-state index contributed by atoms with van der Waals surface area (Å²) in [5.41, 5.74) is 9.35. The topological polar surface area (TPSA) is 42.2 Å². The molecule has 0 aliphatic rings. The predicted molar refractivity (Wildman–Crippen MR) is 85.3 cm³/mol. The van der Waals surface area contributed by atoms with Crippen LogP contribution in [0.1, 0.15) is 6.92 Å². The molecular weight excluding hydrogens is 246 g/mol. The molecule has 0 fully saturated rings. The molecule has 0 bridgehead atoms. The zero-order valence-electron chi connectivity index (χ0n) is 11.5. The van der Waals surface area contributed by atoms with Gasteiger partial charge in [-0.15, -0.1) is 0 Å². The number of hydrogen-bond donors (Lipinski definition) is 1. The van der Waals surface area contributed by atoms with Crippen LogP contribution in [-0.2, 0) is 0 Å². The molecule has 3 aromatic rings. The Balaban J connectivity index is 2.15. The first-order chi connectivity index (χ1) is 9.81. The Bertz CT molecular complexity index is 723. The molecular formula is C17H17N3. The number of nitrogens with two attached hydrogens (primary N) is 1. The molecule has 0 radical (unpaired) electrons. The van der Waals surface area contributed by atoms with Gasteiger partial charge in [0, 0.05) is 35.4 Å². The van der Waals surface area contributed by atoms with Gasteiger partial charge in [-0.25, -0.2) is 0 Å². The zero-order valence-corrected chi connectivity index (χ0v) is 11.5. The lowest BCUT2D eigenvalue weighted by atomic mass is 10.1. The van der Waals surface area contributed by atoms with Crippen molar-refractivity contribution < 1.29 is 0 Å². The highest BCUT2D eigenvalue weighted by Gasteiger charge is 2.12. The number of nitrogens with zero attached hydrogens (tertiary/aromatic N) is 2. The van der Waals surface area contributed by atoms with Gasteiger partial charge in [0.1, 0.15) is 0 Å². The Morgan fingerprint density at radius 3 is 2.60 bits per heavy atom. The number of nitrogen functional groups attached to an aromatic ring is 1.